The van der Waals surface area contributed by atoms with Crippen molar-refractivity contribution in [2.45, 2.75) is 39.3 Å². The van der Waals surface area contributed by atoms with Crippen molar-refractivity contribution in [3.05, 3.63) is 35.4 Å². The lowest BCUT2D eigenvalue weighted by atomic mass is 9.98. The second kappa shape index (κ2) is 6.91. The highest BCUT2D eigenvalue weighted by Gasteiger charge is 2.22. The number of benzene rings is 1. The minimum Gasteiger partial charge on any atom is -0.380 e. The molecule has 1 fully saturated rings. The number of ether oxygens (including phenoxy) is 1. The van der Waals surface area contributed by atoms with Gasteiger partial charge in [0.05, 0.1) is 6.61 Å². The quantitative estimate of drug-likeness (QED) is 0.832. The Morgan fingerprint density at radius 3 is 2.83 bits per heavy atom. The van der Waals surface area contributed by atoms with Crippen LogP contribution in [0.2, 0.25) is 0 Å². The first kappa shape index (κ1) is 13.6. The van der Waals surface area contributed by atoms with Gasteiger partial charge in [-0.1, -0.05) is 44.0 Å². The van der Waals surface area contributed by atoms with Crippen molar-refractivity contribution < 1.29 is 4.74 Å². The Labute approximate surface area is 111 Å². The molecule has 100 valence electrons. The standard InChI is InChI=1S/C16H25NO/c1-13-5-3-8-16(13)11-17-10-14-6-4-7-15(9-14)12-18-2/h4,6-7,9,13,16-17H,3,5,8,10-12H2,1-2H3. The zero-order valence-electron chi connectivity index (χ0n) is 11.6. The molecule has 1 aromatic rings. The molecule has 2 rings (SSSR count). The second-order valence-electron chi connectivity index (χ2n) is 5.55. The SMILES string of the molecule is COCc1cccc(CNCC2CCCC2C)c1. The molecule has 1 aliphatic carbocycles. The van der Waals surface area contributed by atoms with Gasteiger partial charge in [0.1, 0.15) is 0 Å². The lowest BCUT2D eigenvalue weighted by Gasteiger charge is -2.16. The highest BCUT2D eigenvalue weighted by atomic mass is 16.5. The Balaban J connectivity index is 1.77. The molecule has 2 unspecified atom stereocenters. The van der Waals surface area contributed by atoms with Crippen LogP contribution in [0.1, 0.15) is 37.3 Å². The number of hydrogen-bond acceptors (Lipinski definition) is 2. The van der Waals surface area contributed by atoms with E-state index in [0.717, 1.165) is 24.9 Å². The maximum absolute atomic E-state index is 5.16. The van der Waals surface area contributed by atoms with Crippen LogP contribution in [0, 0.1) is 11.8 Å². The van der Waals surface area contributed by atoms with Crippen LogP contribution in [-0.2, 0) is 17.9 Å². The van der Waals surface area contributed by atoms with Crippen LogP contribution in [0.15, 0.2) is 24.3 Å². The lowest BCUT2D eigenvalue weighted by molar-refractivity contribution is 0.185. The van der Waals surface area contributed by atoms with E-state index in [0.29, 0.717) is 6.61 Å². The molecule has 1 aromatic carbocycles. The van der Waals surface area contributed by atoms with E-state index in [1.807, 2.05) is 0 Å². The highest BCUT2D eigenvalue weighted by Crippen LogP contribution is 2.30. The van der Waals surface area contributed by atoms with Gasteiger partial charge in [0, 0.05) is 13.7 Å². The van der Waals surface area contributed by atoms with Crippen LogP contribution >= 0.6 is 0 Å². The molecule has 0 saturated heterocycles. The number of rotatable bonds is 6. The van der Waals surface area contributed by atoms with Gasteiger partial charge in [-0.15, -0.1) is 0 Å². The smallest absolute Gasteiger partial charge is 0.0713 e. The Morgan fingerprint density at radius 1 is 1.28 bits per heavy atom. The zero-order chi connectivity index (χ0) is 12.8. The van der Waals surface area contributed by atoms with Crippen molar-refractivity contribution in [1.82, 2.24) is 5.32 Å². The normalized spacial score (nSPS) is 23.4. The summed E-state index contributed by atoms with van der Waals surface area (Å²) in [5.41, 5.74) is 2.61. The van der Waals surface area contributed by atoms with Crippen molar-refractivity contribution in [3.8, 4) is 0 Å². The molecular weight excluding hydrogens is 222 g/mol. The van der Waals surface area contributed by atoms with Crippen LogP contribution in [0.25, 0.3) is 0 Å². The largest absolute Gasteiger partial charge is 0.380 e. The predicted molar refractivity (Wildman–Crippen MR) is 75.4 cm³/mol. The highest BCUT2D eigenvalue weighted by molar-refractivity contribution is 5.22. The third kappa shape index (κ3) is 3.82. The summed E-state index contributed by atoms with van der Waals surface area (Å²) >= 11 is 0. The molecule has 0 heterocycles. The fourth-order valence-corrected chi connectivity index (χ4v) is 2.92. The van der Waals surface area contributed by atoms with Crippen molar-refractivity contribution in [3.63, 3.8) is 0 Å². The monoisotopic (exact) mass is 247 g/mol. The zero-order valence-corrected chi connectivity index (χ0v) is 11.6. The topological polar surface area (TPSA) is 21.3 Å². The van der Waals surface area contributed by atoms with Crippen LogP contribution in [0.4, 0.5) is 0 Å². The van der Waals surface area contributed by atoms with Crippen molar-refractivity contribution in [1.29, 1.82) is 0 Å². The van der Waals surface area contributed by atoms with Gasteiger partial charge in [-0.2, -0.15) is 0 Å². The fourth-order valence-electron chi connectivity index (χ4n) is 2.92. The van der Waals surface area contributed by atoms with Gasteiger partial charge < -0.3 is 10.1 Å². The molecule has 1 saturated carbocycles. The van der Waals surface area contributed by atoms with Crippen LogP contribution in [0.3, 0.4) is 0 Å². The lowest BCUT2D eigenvalue weighted by Crippen LogP contribution is -2.23. The summed E-state index contributed by atoms with van der Waals surface area (Å²) in [6.45, 7) is 5.22. The van der Waals surface area contributed by atoms with Crippen molar-refractivity contribution >= 4 is 0 Å². The first-order chi connectivity index (χ1) is 8.79. The summed E-state index contributed by atoms with van der Waals surface area (Å²) in [6, 6.07) is 8.65. The number of nitrogens with one attached hydrogen (secondary N) is 1. The molecule has 0 spiro atoms. The first-order valence-corrected chi connectivity index (χ1v) is 7.07. The minimum absolute atomic E-state index is 0.702. The average molecular weight is 247 g/mol. The summed E-state index contributed by atoms with van der Waals surface area (Å²) in [6.07, 6.45) is 4.23. The maximum Gasteiger partial charge on any atom is 0.0713 e. The molecule has 0 aliphatic heterocycles. The summed E-state index contributed by atoms with van der Waals surface area (Å²) in [4.78, 5) is 0. The van der Waals surface area contributed by atoms with Crippen molar-refractivity contribution in [2.75, 3.05) is 13.7 Å². The molecule has 1 N–H and O–H groups in total. The van der Waals surface area contributed by atoms with E-state index in [1.165, 1.54) is 30.4 Å². The van der Waals surface area contributed by atoms with Gasteiger partial charge in [-0.3, -0.25) is 0 Å². The molecule has 0 radical (unpaired) electrons. The van der Waals surface area contributed by atoms with Crippen LogP contribution in [-0.4, -0.2) is 13.7 Å². The third-order valence-electron chi connectivity index (χ3n) is 4.08. The first-order valence-electron chi connectivity index (χ1n) is 7.07. The van der Waals surface area contributed by atoms with Gasteiger partial charge in [-0.25, -0.2) is 0 Å². The third-order valence-corrected chi connectivity index (χ3v) is 4.08. The molecule has 2 atom stereocenters. The summed E-state index contributed by atoms with van der Waals surface area (Å²) in [7, 11) is 1.74. The molecule has 0 amide bonds. The number of methoxy groups -OCH3 is 1. The van der Waals surface area contributed by atoms with Gasteiger partial charge in [0.2, 0.25) is 0 Å². The molecule has 1 aliphatic rings. The van der Waals surface area contributed by atoms with E-state index in [1.54, 1.807) is 7.11 Å². The second-order valence-corrected chi connectivity index (χ2v) is 5.55. The predicted octanol–water partition coefficient (Wildman–Crippen LogP) is 3.36. The van der Waals surface area contributed by atoms with E-state index in [9.17, 15) is 0 Å². The maximum atomic E-state index is 5.16. The Morgan fingerprint density at radius 2 is 2.11 bits per heavy atom. The van der Waals surface area contributed by atoms with Gasteiger partial charge in [0.15, 0.2) is 0 Å². The molecule has 0 aromatic heterocycles. The Kier molecular flexibility index (Phi) is 5.21. The number of hydrogen-bond donors (Lipinski definition) is 1. The summed E-state index contributed by atoms with van der Waals surface area (Å²) in [5.74, 6) is 1.78. The molecule has 0 bridgehead atoms. The minimum atomic E-state index is 0.702. The molecular formula is C16H25NO. The van der Waals surface area contributed by atoms with Crippen LogP contribution < -0.4 is 5.32 Å². The van der Waals surface area contributed by atoms with Crippen molar-refractivity contribution in [2.24, 2.45) is 11.8 Å². The van der Waals surface area contributed by atoms with Gasteiger partial charge in [-0.05, 0) is 35.9 Å². The average Bonchev–Trinajstić information content (AvgIpc) is 2.76. The molecule has 2 nitrogen and oxygen atoms in total. The summed E-state index contributed by atoms with van der Waals surface area (Å²) in [5, 5.41) is 3.60. The van der Waals surface area contributed by atoms with E-state index < -0.39 is 0 Å². The van der Waals surface area contributed by atoms with E-state index in [-0.39, 0.29) is 0 Å². The Hall–Kier alpha value is -0.860. The van der Waals surface area contributed by atoms with Crippen LogP contribution in [0.5, 0.6) is 0 Å². The van der Waals surface area contributed by atoms with Gasteiger partial charge >= 0.3 is 0 Å². The summed E-state index contributed by atoms with van der Waals surface area (Å²) < 4.78 is 5.16. The fraction of sp³-hybridized carbons (Fsp3) is 0.625. The molecule has 18 heavy (non-hydrogen) atoms. The molecule has 2 heteroatoms. The van der Waals surface area contributed by atoms with Gasteiger partial charge in [0.25, 0.3) is 0 Å². The Bertz CT molecular complexity index is 364. The van der Waals surface area contributed by atoms with E-state index in [2.05, 4.69) is 36.5 Å². The van der Waals surface area contributed by atoms with E-state index >= 15 is 0 Å². The van der Waals surface area contributed by atoms with E-state index in [4.69, 9.17) is 4.74 Å².